The van der Waals surface area contributed by atoms with Crippen LogP contribution in [-0.2, 0) is 0 Å². The molecule has 0 amide bonds. The number of allylic oxidation sites excluding steroid dienone is 1. The Kier molecular flexibility index (Phi) is 4.17. The lowest BCUT2D eigenvalue weighted by Gasteiger charge is -2.06. The van der Waals surface area contributed by atoms with Gasteiger partial charge in [-0.25, -0.2) is 4.98 Å². The van der Waals surface area contributed by atoms with Crippen molar-refractivity contribution in [1.29, 1.82) is 0 Å². The summed E-state index contributed by atoms with van der Waals surface area (Å²) in [5.74, 6) is 0.983. The van der Waals surface area contributed by atoms with Gasteiger partial charge in [-0.05, 0) is 31.4 Å². The van der Waals surface area contributed by atoms with E-state index in [-0.39, 0.29) is 0 Å². The van der Waals surface area contributed by atoms with Gasteiger partial charge in [-0.2, -0.15) is 0 Å². The fraction of sp³-hybridized carbons (Fsp3) is 0.417. The summed E-state index contributed by atoms with van der Waals surface area (Å²) in [4.78, 5) is 4.33. The molecule has 0 bridgehead atoms. The first-order valence-corrected chi connectivity index (χ1v) is 5.06. The van der Waals surface area contributed by atoms with Gasteiger partial charge in [-0.1, -0.05) is 25.1 Å². The molecule has 0 fully saturated rings. The minimum atomic E-state index is 0.852. The minimum absolute atomic E-state index is 0.852. The number of aromatic nitrogens is 1. The van der Waals surface area contributed by atoms with Crippen molar-refractivity contribution in [3.8, 4) is 0 Å². The number of hydrogen-bond donors (Lipinski definition) is 1. The topological polar surface area (TPSA) is 24.9 Å². The molecule has 0 saturated heterocycles. The number of rotatable bonds is 4. The van der Waals surface area contributed by atoms with E-state index in [1.54, 1.807) is 0 Å². The van der Waals surface area contributed by atoms with Crippen molar-refractivity contribution in [2.45, 2.75) is 27.2 Å². The highest BCUT2D eigenvalue weighted by molar-refractivity contribution is 5.44. The molecule has 1 N–H and O–H groups in total. The SMILES string of the molecule is CC/C=C/CNc1ncc(C)cc1C. The first kappa shape index (κ1) is 10.8. The van der Waals surface area contributed by atoms with E-state index in [0.717, 1.165) is 18.8 Å². The second-order valence-corrected chi connectivity index (χ2v) is 3.44. The number of nitrogens with one attached hydrogen (secondary N) is 1. The Morgan fingerprint density at radius 1 is 1.36 bits per heavy atom. The van der Waals surface area contributed by atoms with Crippen LogP contribution in [0.2, 0.25) is 0 Å². The molecule has 2 nitrogen and oxygen atoms in total. The Morgan fingerprint density at radius 2 is 2.14 bits per heavy atom. The third-order valence-corrected chi connectivity index (χ3v) is 2.00. The molecule has 0 aromatic carbocycles. The van der Waals surface area contributed by atoms with E-state index in [1.807, 2.05) is 6.20 Å². The molecule has 0 atom stereocenters. The van der Waals surface area contributed by atoms with Gasteiger partial charge in [-0.15, -0.1) is 0 Å². The van der Waals surface area contributed by atoms with Gasteiger partial charge >= 0.3 is 0 Å². The van der Waals surface area contributed by atoms with E-state index < -0.39 is 0 Å². The lowest BCUT2D eigenvalue weighted by Crippen LogP contribution is -2.02. The molecule has 0 aliphatic rings. The average Bonchev–Trinajstić information content (AvgIpc) is 2.15. The highest BCUT2D eigenvalue weighted by Gasteiger charge is 1.96. The van der Waals surface area contributed by atoms with Crippen LogP contribution in [0.4, 0.5) is 5.82 Å². The Bertz CT molecular complexity index is 316. The maximum Gasteiger partial charge on any atom is 0.129 e. The summed E-state index contributed by atoms with van der Waals surface area (Å²) in [7, 11) is 0. The van der Waals surface area contributed by atoms with E-state index in [9.17, 15) is 0 Å². The Labute approximate surface area is 86.1 Å². The zero-order valence-corrected chi connectivity index (χ0v) is 9.17. The van der Waals surface area contributed by atoms with Gasteiger partial charge in [-0.3, -0.25) is 0 Å². The van der Waals surface area contributed by atoms with Crippen molar-refractivity contribution in [2.24, 2.45) is 0 Å². The van der Waals surface area contributed by atoms with Crippen LogP contribution in [-0.4, -0.2) is 11.5 Å². The van der Waals surface area contributed by atoms with Crippen LogP contribution in [0.15, 0.2) is 24.4 Å². The second kappa shape index (κ2) is 5.43. The lowest BCUT2D eigenvalue weighted by atomic mass is 10.2. The molecule has 1 rings (SSSR count). The number of pyridine rings is 1. The van der Waals surface area contributed by atoms with Crippen molar-refractivity contribution in [1.82, 2.24) is 4.98 Å². The first-order chi connectivity index (χ1) is 6.74. The van der Waals surface area contributed by atoms with Crippen LogP contribution in [0.5, 0.6) is 0 Å². The Hall–Kier alpha value is -1.31. The fourth-order valence-electron chi connectivity index (χ4n) is 1.31. The van der Waals surface area contributed by atoms with Crippen molar-refractivity contribution in [3.05, 3.63) is 35.5 Å². The van der Waals surface area contributed by atoms with Crippen LogP contribution >= 0.6 is 0 Å². The summed E-state index contributed by atoms with van der Waals surface area (Å²) in [5.41, 5.74) is 2.41. The van der Waals surface area contributed by atoms with E-state index >= 15 is 0 Å². The van der Waals surface area contributed by atoms with Crippen LogP contribution in [0.25, 0.3) is 0 Å². The summed E-state index contributed by atoms with van der Waals surface area (Å²) in [5, 5.41) is 3.28. The van der Waals surface area contributed by atoms with Gasteiger partial charge < -0.3 is 5.32 Å². The molecule has 1 heterocycles. The molecule has 1 aromatic heterocycles. The van der Waals surface area contributed by atoms with Crippen molar-refractivity contribution < 1.29 is 0 Å². The van der Waals surface area contributed by atoms with Crippen LogP contribution < -0.4 is 5.32 Å². The van der Waals surface area contributed by atoms with Gasteiger partial charge in [0.15, 0.2) is 0 Å². The summed E-state index contributed by atoms with van der Waals surface area (Å²) < 4.78 is 0. The monoisotopic (exact) mass is 190 g/mol. The molecule has 0 unspecified atom stereocenters. The van der Waals surface area contributed by atoms with Gasteiger partial charge in [0.05, 0.1) is 0 Å². The molecule has 0 spiro atoms. The largest absolute Gasteiger partial charge is 0.366 e. The number of anilines is 1. The van der Waals surface area contributed by atoms with Gasteiger partial charge in [0.2, 0.25) is 0 Å². The van der Waals surface area contributed by atoms with Gasteiger partial charge in [0.25, 0.3) is 0 Å². The first-order valence-electron chi connectivity index (χ1n) is 5.06. The molecule has 1 aromatic rings. The molecule has 0 saturated carbocycles. The van der Waals surface area contributed by atoms with Gasteiger partial charge in [0, 0.05) is 12.7 Å². The fourth-order valence-corrected chi connectivity index (χ4v) is 1.31. The highest BCUT2D eigenvalue weighted by Crippen LogP contribution is 2.11. The van der Waals surface area contributed by atoms with Gasteiger partial charge in [0.1, 0.15) is 5.82 Å². The molecular formula is C12H18N2. The van der Waals surface area contributed by atoms with E-state index in [1.165, 1.54) is 11.1 Å². The zero-order valence-electron chi connectivity index (χ0n) is 9.17. The van der Waals surface area contributed by atoms with E-state index in [0.29, 0.717) is 0 Å². The Balaban J connectivity index is 2.55. The van der Waals surface area contributed by atoms with E-state index in [2.05, 4.69) is 49.3 Å². The Morgan fingerprint density at radius 3 is 2.79 bits per heavy atom. The molecule has 0 radical (unpaired) electrons. The van der Waals surface area contributed by atoms with E-state index in [4.69, 9.17) is 0 Å². The maximum absolute atomic E-state index is 4.33. The smallest absolute Gasteiger partial charge is 0.129 e. The summed E-state index contributed by atoms with van der Waals surface area (Å²) in [6.45, 7) is 7.11. The minimum Gasteiger partial charge on any atom is -0.366 e. The third-order valence-electron chi connectivity index (χ3n) is 2.00. The zero-order chi connectivity index (χ0) is 10.4. The van der Waals surface area contributed by atoms with Crippen LogP contribution in [0.3, 0.4) is 0 Å². The van der Waals surface area contributed by atoms with Crippen molar-refractivity contribution in [3.63, 3.8) is 0 Å². The number of hydrogen-bond acceptors (Lipinski definition) is 2. The van der Waals surface area contributed by atoms with Crippen LogP contribution in [0, 0.1) is 13.8 Å². The normalized spacial score (nSPS) is 10.8. The van der Waals surface area contributed by atoms with Crippen molar-refractivity contribution >= 4 is 5.82 Å². The summed E-state index contributed by atoms with van der Waals surface area (Å²) >= 11 is 0. The quantitative estimate of drug-likeness (QED) is 0.738. The van der Waals surface area contributed by atoms with Crippen LogP contribution in [0.1, 0.15) is 24.5 Å². The number of aryl methyl sites for hydroxylation is 2. The highest BCUT2D eigenvalue weighted by atomic mass is 15.0. The molecule has 2 heteroatoms. The predicted molar refractivity (Wildman–Crippen MR) is 61.6 cm³/mol. The maximum atomic E-state index is 4.33. The third kappa shape index (κ3) is 3.21. The summed E-state index contributed by atoms with van der Waals surface area (Å²) in [6, 6.07) is 2.14. The second-order valence-electron chi connectivity index (χ2n) is 3.44. The number of nitrogens with zero attached hydrogens (tertiary/aromatic N) is 1. The average molecular weight is 190 g/mol. The predicted octanol–water partition coefficient (Wildman–Crippen LogP) is 3.08. The molecule has 0 aliphatic heterocycles. The molecular weight excluding hydrogens is 172 g/mol. The lowest BCUT2D eigenvalue weighted by molar-refractivity contribution is 1.15. The standard InChI is InChI=1S/C12H18N2/c1-4-5-6-7-13-12-11(3)8-10(2)9-14-12/h5-6,8-9H,4,7H2,1-3H3,(H,13,14)/b6-5+. The molecule has 14 heavy (non-hydrogen) atoms. The molecule has 76 valence electrons. The summed E-state index contributed by atoms with van der Waals surface area (Å²) in [6.07, 6.45) is 7.25. The molecule has 0 aliphatic carbocycles. The van der Waals surface area contributed by atoms with Crippen molar-refractivity contribution in [2.75, 3.05) is 11.9 Å².